The first-order valence-corrected chi connectivity index (χ1v) is 15.1. The summed E-state index contributed by atoms with van der Waals surface area (Å²) in [4.78, 5) is 3.67. The monoisotopic (exact) mass is 652 g/mol. The van der Waals surface area contributed by atoms with E-state index in [4.69, 9.17) is 46.4 Å². The highest BCUT2D eigenvalue weighted by Crippen LogP contribution is 2.48. The van der Waals surface area contributed by atoms with Gasteiger partial charge in [0, 0.05) is 36.8 Å². The normalized spacial score (nSPS) is 11.5. The summed E-state index contributed by atoms with van der Waals surface area (Å²) in [5.74, 6) is -1.77. The summed E-state index contributed by atoms with van der Waals surface area (Å²) >= 11 is 27.8. The Balaban J connectivity index is 1.78. The lowest BCUT2D eigenvalue weighted by atomic mass is 9.82. The molecule has 0 N–H and O–H groups in total. The third-order valence-corrected chi connectivity index (χ3v) is 8.81. The number of halogens is 6. The van der Waals surface area contributed by atoms with Gasteiger partial charge in [0.2, 0.25) is 0 Å². The number of rotatable bonds is 5. The average Bonchev–Trinajstić information content (AvgIpc) is 2.86. The van der Waals surface area contributed by atoms with Gasteiger partial charge >= 0.3 is 0 Å². The predicted molar refractivity (Wildman–Crippen MR) is 177 cm³/mol. The molecule has 5 aromatic rings. The summed E-state index contributed by atoms with van der Waals surface area (Å²) in [5.41, 5.74) is 10.0. The summed E-state index contributed by atoms with van der Waals surface area (Å²) in [5, 5.41) is 0.755. The van der Waals surface area contributed by atoms with Crippen molar-refractivity contribution in [1.29, 1.82) is 0 Å². The van der Waals surface area contributed by atoms with Crippen LogP contribution in [0.1, 0.15) is 50.1 Å². The van der Waals surface area contributed by atoms with Crippen molar-refractivity contribution in [1.82, 2.24) is 4.98 Å². The van der Waals surface area contributed by atoms with Crippen molar-refractivity contribution in [3.63, 3.8) is 0 Å². The van der Waals surface area contributed by atoms with Crippen molar-refractivity contribution in [3.8, 4) is 22.3 Å². The van der Waals surface area contributed by atoms with Gasteiger partial charge < -0.3 is 0 Å². The SMILES string of the molecule is Cc1cc(C)c(-c2cc(Cl)c([C](c3c(F)cncc3F)c3c(Cl)cc(-c4c(C)cc(C)cc4C)cc3Cl)c(Cl)c2)c(C)c1. The Bertz CT molecular complexity index is 1690. The van der Waals surface area contributed by atoms with E-state index in [1.807, 2.05) is 41.5 Å². The molecular formula is C36H28Cl4F2N. The van der Waals surface area contributed by atoms with Gasteiger partial charge in [-0.15, -0.1) is 0 Å². The van der Waals surface area contributed by atoms with Crippen LogP contribution in [-0.4, -0.2) is 4.98 Å². The second-order valence-corrected chi connectivity index (χ2v) is 12.7. The fourth-order valence-corrected chi connectivity index (χ4v) is 7.56. The van der Waals surface area contributed by atoms with Gasteiger partial charge in [-0.25, -0.2) is 8.78 Å². The molecule has 0 fully saturated rings. The van der Waals surface area contributed by atoms with Crippen molar-refractivity contribution in [2.24, 2.45) is 0 Å². The van der Waals surface area contributed by atoms with E-state index in [9.17, 15) is 0 Å². The van der Waals surface area contributed by atoms with E-state index in [0.717, 1.165) is 68.0 Å². The Kier molecular flexibility index (Phi) is 8.94. The van der Waals surface area contributed by atoms with Gasteiger partial charge in [0.1, 0.15) is 11.6 Å². The molecule has 0 amide bonds. The van der Waals surface area contributed by atoms with Crippen LogP contribution in [0.15, 0.2) is 60.9 Å². The van der Waals surface area contributed by atoms with E-state index >= 15 is 8.78 Å². The lowest BCUT2D eigenvalue weighted by Gasteiger charge is -2.25. The van der Waals surface area contributed by atoms with Crippen LogP contribution in [-0.2, 0) is 0 Å². The molecule has 7 heteroatoms. The topological polar surface area (TPSA) is 12.9 Å². The second-order valence-electron chi connectivity index (χ2n) is 11.0. The standard InChI is InChI=1S/C36H28Cl4F2N/c1-17-7-19(3)31(20(4)8-17)23-11-25(37)33(26(38)12-23)36(35-29(41)15-43-16-30(35)42)34-27(39)13-24(14-28(34)40)32-21(5)9-18(2)10-22(32)6/h7-16H,1-6H3. The minimum Gasteiger partial charge on any atom is -0.259 e. The minimum atomic E-state index is -0.905. The Morgan fingerprint density at radius 2 is 0.791 bits per heavy atom. The zero-order valence-electron chi connectivity index (χ0n) is 24.5. The van der Waals surface area contributed by atoms with E-state index in [1.54, 1.807) is 24.3 Å². The molecule has 219 valence electrons. The van der Waals surface area contributed by atoms with E-state index in [2.05, 4.69) is 29.2 Å². The zero-order chi connectivity index (χ0) is 31.3. The summed E-state index contributed by atoms with van der Waals surface area (Å²) in [6, 6.07) is 15.3. The molecule has 0 unspecified atom stereocenters. The first-order chi connectivity index (χ1) is 20.3. The molecule has 0 saturated heterocycles. The minimum absolute atomic E-state index is 0.0372. The largest absolute Gasteiger partial charge is 0.259 e. The number of hydrogen-bond donors (Lipinski definition) is 0. The quantitative estimate of drug-likeness (QED) is 0.184. The number of aryl methyl sites for hydroxylation is 6. The van der Waals surface area contributed by atoms with Gasteiger partial charge in [-0.1, -0.05) is 81.8 Å². The van der Waals surface area contributed by atoms with E-state index in [1.165, 1.54) is 0 Å². The predicted octanol–water partition coefficient (Wildman–Crippen LogP) is 12.2. The first kappa shape index (κ1) is 31.5. The molecule has 0 aliphatic rings. The third kappa shape index (κ3) is 5.93. The molecule has 1 nitrogen and oxygen atoms in total. The van der Waals surface area contributed by atoms with Crippen LogP contribution in [0.2, 0.25) is 20.1 Å². The third-order valence-electron chi connectivity index (χ3n) is 7.62. The Morgan fingerprint density at radius 1 is 0.488 bits per heavy atom. The van der Waals surface area contributed by atoms with Gasteiger partial charge in [0.05, 0.1) is 18.3 Å². The molecule has 0 aliphatic carbocycles. The van der Waals surface area contributed by atoms with Crippen LogP contribution < -0.4 is 0 Å². The van der Waals surface area contributed by atoms with Gasteiger partial charge in [-0.3, -0.25) is 4.98 Å². The van der Waals surface area contributed by atoms with Gasteiger partial charge in [-0.2, -0.15) is 0 Å². The van der Waals surface area contributed by atoms with Crippen molar-refractivity contribution < 1.29 is 8.78 Å². The van der Waals surface area contributed by atoms with Crippen LogP contribution >= 0.6 is 46.4 Å². The number of pyridine rings is 1. The van der Waals surface area contributed by atoms with Crippen molar-refractivity contribution in [3.05, 3.63) is 149 Å². The fourth-order valence-electron chi connectivity index (χ4n) is 6.21. The molecule has 0 spiro atoms. The second kappa shape index (κ2) is 12.2. The molecule has 43 heavy (non-hydrogen) atoms. The number of benzene rings is 4. The van der Waals surface area contributed by atoms with E-state index in [0.29, 0.717) is 0 Å². The zero-order valence-corrected chi connectivity index (χ0v) is 27.5. The van der Waals surface area contributed by atoms with Gasteiger partial charge in [-0.05, 0) is 110 Å². The maximum Gasteiger partial charge on any atom is 0.148 e. The van der Waals surface area contributed by atoms with Gasteiger partial charge in [0.15, 0.2) is 0 Å². The maximum absolute atomic E-state index is 15.5. The van der Waals surface area contributed by atoms with Gasteiger partial charge in [0.25, 0.3) is 0 Å². The van der Waals surface area contributed by atoms with E-state index < -0.39 is 11.6 Å². The molecule has 1 heterocycles. The molecule has 0 bridgehead atoms. The summed E-state index contributed by atoms with van der Waals surface area (Å²) in [6.07, 6.45) is 1.87. The van der Waals surface area contributed by atoms with Crippen molar-refractivity contribution >= 4 is 46.4 Å². The number of hydrogen-bond acceptors (Lipinski definition) is 1. The van der Waals surface area contributed by atoms with Crippen molar-refractivity contribution in [2.45, 2.75) is 41.5 Å². The molecule has 0 saturated carbocycles. The Labute approximate surface area is 271 Å². The summed E-state index contributed by atoms with van der Waals surface area (Å²) in [6.45, 7) is 12.1. The molecule has 1 aromatic heterocycles. The van der Waals surface area contributed by atoms with Crippen LogP contribution in [0.3, 0.4) is 0 Å². The highest BCUT2D eigenvalue weighted by atomic mass is 35.5. The highest BCUT2D eigenvalue weighted by molar-refractivity contribution is 6.39. The molecule has 0 aliphatic heterocycles. The van der Waals surface area contributed by atoms with Crippen LogP contribution in [0.5, 0.6) is 0 Å². The van der Waals surface area contributed by atoms with Crippen molar-refractivity contribution in [2.75, 3.05) is 0 Å². The first-order valence-electron chi connectivity index (χ1n) is 13.6. The fraction of sp³-hybridized carbons (Fsp3) is 0.167. The lowest BCUT2D eigenvalue weighted by molar-refractivity contribution is 0.557. The van der Waals surface area contributed by atoms with E-state index in [-0.39, 0.29) is 42.7 Å². The molecule has 1 radical (unpaired) electrons. The smallest absolute Gasteiger partial charge is 0.148 e. The Morgan fingerprint density at radius 3 is 1.09 bits per heavy atom. The van der Waals surface area contributed by atoms with Crippen LogP contribution in [0, 0.1) is 59.1 Å². The highest BCUT2D eigenvalue weighted by Gasteiger charge is 2.33. The maximum atomic E-state index is 15.5. The molecule has 5 rings (SSSR count). The number of nitrogens with zero attached hydrogens (tertiary/aromatic N) is 1. The molecule has 4 aromatic carbocycles. The average molecular weight is 654 g/mol. The van der Waals surface area contributed by atoms with Crippen LogP contribution in [0.4, 0.5) is 8.78 Å². The van der Waals surface area contributed by atoms with Crippen LogP contribution in [0.25, 0.3) is 22.3 Å². The summed E-state index contributed by atoms with van der Waals surface area (Å²) in [7, 11) is 0. The molecular weight excluding hydrogens is 626 g/mol. The molecule has 0 atom stereocenters. The number of aromatic nitrogens is 1. The lowest BCUT2D eigenvalue weighted by Crippen LogP contribution is -2.13. The Hall–Kier alpha value is -2.95. The summed E-state index contributed by atoms with van der Waals surface area (Å²) < 4.78 is 31.0.